The molecule has 0 saturated carbocycles. The van der Waals surface area contributed by atoms with Crippen molar-refractivity contribution in [1.82, 2.24) is 9.78 Å². The summed E-state index contributed by atoms with van der Waals surface area (Å²) in [5.74, 6) is 0.653. The molecule has 1 rings (SSSR count). The fourth-order valence-electron chi connectivity index (χ4n) is 1.37. The molecule has 90 valence electrons. The van der Waals surface area contributed by atoms with Gasteiger partial charge in [0.1, 0.15) is 5.69 Å². The van der Waals surface area contributed by atoms with Crippen LogP contribution in [0.25, 0.3) is 0 Å². The Hall–Kier alpha value is -1.08. The van der Waals surface area contributed by atoms with Gasteiger partial charge in [-0.1, -0.05) is 18.7 Å². The number of thioether (sulfide) groups is 1. The molecule has 0 fully saturated rings. The first-order chi connectivity index (χ1) is 7.61. The molecule has 6 nitrogen and oxygen atoms in total. The number of nitrogens with zero attached hydrogens (tertiary/aromatic N) is 3. The van der Waals surface area contributed by atoms with Crippen molar-refractivity contribution >= 4 is 17.4 Å². The predicted molar refractivity (Wildman–Crippen MR) is 61.7 cm³/mol. The van der Waals surface area contributed by atoms with Gasteiger partial charge in [-0.25, -0.2) is 0 Å². The van der Waals surface area contributed by atoms with E-state index in [2.05, 4.69) is 5.10 Å². The van der Waals surface area contributed by atoms with Gasteiger partial charge in [-0.05, 0) is 12.8 Å². The van der Waals surface area contributed by atoms with Crippen LogP contribution >= 0.6 is 11.8 Å². The Morgan fingerprint density at radius 1 is 1.62 bits per heavy atom. The zero-order chi connectivity index (χ0) is 12.1. The minimum atomic E-state index is -0.382. The molecule has 0 saturated heterocycles. The molecule has 0 radical (unpaired) electrons. The van der Waals surface area contributed by atoms with Crippen LogP contribution in [0, 0.1) is 10.1 Å². The molecular formula is C9H15N3O3S. The average molecular weight is 245 g/mol. The minimum absolute atomic E-state index is 0.0965. The summed E-state index contributed by atoms with van der Waals surface area (Å²) in [5, 5.41) is 24.3. The van der Waals surface area contributed by atoms with E-state index < -0.39 is 0 Å². The molecule has 0 amide bonds. The molecule has 16 heavy (non-hydrogen) atoms. The number of rotatable bonds is 6. The lowest BCUT2D eigenvalue weighted by atomic mass is 10.3. The van der Waals surface area contributed by atoms with Crippen LogP contribution in [-0.4, -0.2) is 32.2 Å². The summed E-state index contributed by atoms with van der Waals surface area (Å²) in [7, 11) is 1.70. The Labute approximate surface area is 97.8 Å². The van der Waals surface area contributed by atoms with Gasteiger partial charge in [0, 0.05) is 19.4 Å². The van der Waals surface area contributed by atoms with Gasteiger partial charge in [0.2, 0.25) is 0 Å². The maximum Gasteiger partial charge on any atom is 0.323 e. The highest BCUT2D eigenvalue weighted by Gasteiger charge is 2.25. The zero-order valence-electron chi connectivity index (χ0n) is 9.34. The van der Waals surface area contributed by atoms with E-state index in [1.54, 1.807) is 11.7 Å². The summed E-state index contributed by atoms with van der Waals surface area (Å²) in [6.07, 6.45) is 1.17. The fourth-order valence-corrected chi connectivity index (χ4v) is 2.39. The van der Waals surface area contributed by atoms with E-state index in [0.717, 1.165) is 0 Å². The summed E-state index contributed by atoms with van der Waals surface area (Å²) in [6.45, 7) is 1.94. The van der Waals surface area contributed by atoms with E-state index >= 15 is 0 Å². The highest BCUT2D eigenvalue weighted by molar-refractivity contribution is 7.99. The molecule has 0 aliphatic heterocycles. The van der Waals surface area contributed by atoms with Crippen molar-refractivity contribution in [3.8, 4) is 0 Å². The van der Waals surface area contributed by atoms with E-state index in [9.17, 15) is 10.1 Å². The Bertz CT molecular complexity index is 378. The Balaban J connectivity index is 2.96. The second-order valence-electron chi connectivity index (χ2n) is 3.26. The first kappa shape index (κ1) is 13.0. The number of aryl methyl sites for hydroxylation is 2. The third kappa shape index (κ3) is 2.73. The van der Waals surface area contributed by atoms with Crippen LogP contribution in [0.15, 0.2) is 5.03 Å². The lowest BCUT2D eigenvalue weighted by molar-refractivity contribution is -0.388. The van der Waals surface area contributed by atoms with Gasteiger partial charge in [-0.3, -0.25) is 14.8 Å². The smallest absolute Gasteiger partial charge is 0.323 e. The molecule has 0 spiro atoms. The third-order valence-electron chi connectivity index (χ3n) is 2.10. The monoisotopic (exact) mass is 245 g/mol. The highest BCUT2D eigenvalue weighted by Crippen LogP contribution is 2.32. The van der Waals surface area contributed by atoms with Crippen molar-refractivity contribution in [3.05, 3.63) is 15.8 Å². The molecule has 1 aromatic rings. The molecule has 1 N–H and O–H groups in total. The predicted octanol–water partition coefficient (Wildman–Crippen LogP) is 1.37. The molecular weight excluding hydrogens is 230 g/mol. The van der Waals surface area contributed by atoms with Crippen LogP contribution in [0.2, 0.25) is 0 Å². The van der Waals surface area contributed by atoms with Gasteiger partial charge in [0.05, 0.1) is 4.92 Å². The van der Waals surface area contributed by atoms with E-state index in [4.69, 9.17) is 5.11 Å². The topological polar surface area (TPSA) is 81.2 Å². The summed E-state index contributed by atoms with van der Waals surface area (Å²) in [4.78, 5) is 10.6. The SMILES string of the molecule is CCc1nn(C)c(SCCCO)c1[N+](=O)[O-]. The summed E-state index contributed by atoms with van der Waals surface area (Å²) in [5.41, 5.74) is 0.618. The number of nitro groups is 1. The molecule has 1 aromatic heterocycles. The van der Waals surface area contributed by atoms with E-state index in [-0.39, 0.29) is 17.2 Å². The van der Waals surface area contributed by atoms with Crippen molar-refractivity contribution < 1.29 is 10.0 Å². The average Bonchev–Trinajstić information content (AvgIpc) is 2.56. The van der Waals surface area contributed by atoms with Gasteiger partial charge in [0.15, 0.2) is 5.03 Å². The Kier molecular flexibility index (Phi) is 4.75. The van der Waals surface area contributed by atoms with E-state index in [0.29, 0.717) is 29.3 Å². The second-order valence-corrected chi connectivity index (χ2v) is 4.34. The van der Waals surface area contributed by atoms with Gasteiger partial charge < -0.3 is 5.11 Å². The standard InChI is InChI=1S/C9H15N3O3S/c1-3-7-8(12(14)15)9(11(2)10-7)16-6-4-5-13/h13H,3-6H2,1-2H3. The highest BCUT2D eigenvalue weighted by atomic mass is 32.2. The van der Waals surface area contributed by atoms with Crippen LogP contribution in [0.1, 0.15) is 19.0 Å². The lowest BCUT2D eigenvalue weighted by Gasteiger charge is -1.99. The second kappa shape index (κ2) is 5.86. The largest absolute Gasteiger partial charge is 0.396 e. The van der Waals surface area contributed by atoms with Crippen molar-refractivity contribution in [2.75, 3.05) is 12.4 Å². The van der Waals surface area contributed by atoms with Gasteiger partial charge >= 0.3 is 5.69 Å². The normalized spacial score (nSPS) is 10.7. The van der Waals surface area contributed by atoms with Crippen molar-refractivity contribution in [1.29, 1.82) is 0 Å². The number of aliphatic hydroxyl groups excluding tert-OH is 1. The first-order valence-electron chi connectivity index (χ1n) is 5.05. The van der Waals surface area contributed by atoms with Crippen LogP contribution in [-0.2, 0) is 13.5 Å². The Morgan fingerprint density at radius 3 is 2.81 bits per heavy atom. The lowest BCUT2D eigenvalue weighted by Crippen LogP contribution is -1.96. The molecule has 7 heteroatoms. The number of aromatic nitrogens is 2. The number of hydrogen-bond donors (Lipinski definition) is 1. The van der Waals surface area contributed by atoms with Gasteiger partial charge in [0.25, 0.3) is 0 Å². The van der Waals surface area contributed by atoms with Crippen LogP contribution in [0.5, 0.6) is 0 Å². The quantitative estimate of drug-likeness (QED) is 0.354. The summed E-state index contributed by atoms with van der Waals surface area (Å²) < 4.78 is 1.54. The van der Waals surface area contributed by atoms with Crippen molar-refractivity contribution in [2.45, 2.75) is 24.8 Å². The van der Waals surface area contributed by atoms with Crippen molar-refractivity contribution in [3.63, 3.8) is 0 Å². The summed E-state index contributed by atoms with van der Waals surface area (Å²) >= 11 is 1.36. The van der Waals surface area contributed by atoms with Crippen LogP contribution in [0.4, 0.5) is 5.69 Å². The maximum atomic E-state index is 10.9. The van der Waals surface area contributed by atoms with Crippen LogP contribution in [0.3, 0.4) is 0 Å². The van der Waals surface area contributed by atoms with E-state index in [1.807, 2.05) is 6.92 Å². The number of hydrogen-bond acceptors (Lipinski definition) is 5. The van der Waals surface area contributed by atoms with E-state index in [1.165, 1.54) is 11.8 Å². The van der Waals surface area contributed by atoms with Crippen LogP contribution < -0.4 is 0 Å². The van der Waals surface area contributed by atoms with Crippen molar-refractivity contribution in [2.24, 2.45) is 7.05 Å². The zero-order valence-corrected chi connectivity index (χ0v) is 10.2. The van der Waals surface area contributed by atoms with Gasteiger partial charge in [-0.2, -0.15) is 5.10 Å². The molecule has 0 aliphatic rings. The first-order valence-corrected chi connectivity index (χ1v) is 6.04. The minimum Gasteiger partial charge on any atom is -0.396 e. The fraction of sp³-hybridized carbons (Fsp3) is 0.667. The molecule has 1 heterocycles. The Morgan fingerprint density at radius 2 is 2.31 bits per heavy atom. The third-order valence-corrected chi connectivity index (χ3v) is 3.32. The summed E-state index contributed by atoms with van der Waals surface area (Å²) in [6, 6.07) is 0. The maximum absolute atomic E-state index is 10.9. The molecule has 0 aliphatic carbocycles. The van der Waals surface area contributed by atoms with Gasteiger partial charge in [-0.15, -0.1) is 0 Å². The molecule has 0 bridgehead atoms. The number of aliphatic hydroxyl groups is 1. The molecule has 0 atom stereocenters. The molecule has 0 aromatic carbocycles. The molecule has 0 unspecified atom stereocenters.